The number of rotatable bonds is 4. The Morgan fingerprint density at radius 3 is 2.33 bits per heavy atom. The summed E-state index contributed by atoms with van der Waals surface area (Å²) in [6.45, 7) is 5.21. The van der Waals surface area contributed by atoms with E-state index in [1.807, 2.05) is 38.1 Å². The van der Waals surface area contributed by atoms with Crippen molar-refractivity contribution in [2.45, 2.75) is 24.3 Å². The van der Waals surface area contributed by atoms with Gasteiger partial charge in [0.25, 0.3) is 5.91 Å². The van der Waals surface area contributed by atoms with Crippen LogP contribution in [0.15, 0.2) is 41.4 Å². The van der Waals surface area contributed by atoms with Crippen molar-refractivity contribution in [1.82, 2.24) is 8.87 Å². The van der Waals surface area contributed by atoms with Crippen molar-refractivity contribution in [2.24, 2.45) is 12.8 Å². The summed E-state index contributed by atoms with van der Waals surface area (Å²) in [6.07, 6.45) is 1.43. The van der Waals surface area contributed by atoms with Gasteiger partial charge in [0.1, 0.15) is 10.6 Å². The van der Waals surface area contributed by atoms with E-state index in [-0.39, 0.29) is 10.6 Å². The number of hydrogen-bond donors (Lipinski definition) is 1. The number of aromatic nitrogens is 1. The maximum absolute atomic E-state index is 13.2. The molecule has 3 rings (SSSR count). The van der Waals surface area contributed by atoms with Gasteiger partial charge in [-0.1, -0.05) is 11.6 Å². The number of anilines is 1. The molecule has 0 unspecified atom stereocenters. The van der Waals surface area contributed by atoms with E-state index in [0.717, 1.165) is 5.69 Å². The van der Waals surface area contributed by atoms with Gasteiger partial charge >= 0.3 is 0 Å². The summed E-state index contributed by atoms with van der Waals surface area (Å²) in [5.41, 5.74) is 5.83. The van der Waals surface area contributed by atoms with Gasteiger partial charge in [-0.05, 0) is 44.2 Å². The third kappa shape index (κ3) is 3.69. The molecule has 1 amide bonds. The number of piperazine rings is 1. The van der Waals surface area contributed by atoms with Crippen molar-refractivity contribution < 1.29 is 13.2 Å². The average molecular weight is 411 g/mol. The molecule has 0 saturated carbocycles. The Bertz CT molecular complexity index is 967. The third-order valence-electron chi connectivity index (χ3n) is 4.84. The van der Waals surface area contributed by atoms with Crippen LogP contribution in [-0.2, 0) is 17.1 Å². The number of halogens is 1. The number of amides is 1. The molecule has 1 aromatic heterocycles. The normalized spacial score (nSPS) is 17.9. The topological polar surface area (TPSA) is 88.6 Å². The summed E-state index contributed by atoms with van der Waals surface area (Å²) < 4.78 is 29.3. The molecule has 1 aliphatic rings. The zero-order valence-electron chi connectivity index (χ0n) is 15.5. The van der Waals surface area contributed by atoms with E-state index in [1.165, 1.54) is 21.1 Å². The highest BCUT2D eigenvalue weighted by Gasteiger charge is 2.42. The number of carbonyl (C=O) groups excluding carboxylic acids is 1. The lowest BCUT2D eigenvalue weighted by Crippen LogP contribution is -2.61. The molecule has 1 fully saturated rings. The Balaban J connectivity index is 1.88. The zero-order chi connectivity index (χ0) is 20.0. The van der Waals surface area contributed by atoms with Gasteiger partial charge in [-0.2, -0.15) is 4.31 Å². The minimum atomic E-state index is -3.76. The molecule has 0 atom stereocenters. The minimum absolute atomic E-state index is 0.0758. The molecule has 1 aliphatic heterocycles. The number of sulfonamides is 1. The van der Waals surface area contributed by atoms with E-state index in [9.17, 15) is 13.2 Å². The first kappa shape index (κ1) is 19.7. The maximum atomic E-state index is 13.2. The van der Waals surface area contributed by atoms with E-state index in [1.54, 1.807) is 7.05 Å². The molecular weight excluding hydrogens is 388 g/mol. The number of nitrogens with zero attached hydrogens (tertiary/aromatic N) is 3. The van der Waals surface area contributed by atoms with Gasteiger partial charge in [-0.15, -0.1) is 0 Å². The van der Waals surface area contributed by atoms with Crippen molar-refractivity contribution in [2.75, 3.05) is 24.5 Å². The van der Waals surface area contributed by atoms with Gasteiger partial charge in [0.05, 0.1) is 0 Å². The van der Waals surface area contributed by atoms with Crippen LogP contribution in [0.2, 0.25) is 5.02 Å². The molecule has 9 heteroatoms. The second kappa shape index (κ2) is 6.85. The average Bonchev–Trinajstić information content (AvgIpc) is 2.97. The number of aryl methyl sites for hydroxylation is 1. The molecule has 7 nitrogen and oxygen atoms in total. The van der Waals surface area contributed by atoms with Gasteiger partial charge in [-0.25, -0.2) is 8.42 Å². The lowest BCUT2D eigenvalue weighted by Gasteiger charge is -2.46. The van der Waals surface area contributed by atoms with Crippen LogP contribution in [0.25, 0.3) is 0 Å². The Morgan fingerprint density at radius 1 is 1.19 bits per heavy atom. The molecule has 0 aliphatic carbocycles. The Labute approximate surface area is 164 Å². The van der Waals surface area contributed by atoms with Crippen LogP contribution in [0.5, 0.6) is 0 Å². The summed E-state index contributed by atoms with van der Waals surface area (Å²) in [7, 11) is -2.16. The fourth-order valence-corrected chi connectivity index (χ4v) is 5.47. The van der Waals surface area contributed by atoms with Crippen LogP contribution in [0, 0.1) is 0 Å². The second-order valence-corrected chi connectivity index (χ2v) is 9.62. The van der Waals surface area contributed by atoms with Crippen molar-refractivity contribution in [1.29, 1.82) is 0 Å². The minimum Gasteiger partial charge on any atom is -0.368 e. The summed E-state index contributed by atoms with van der Waals surface area (Å²) in [5, 5.41) is 0.661. The van der Waals surface area contributed by atoms with Crippen molar-refractivity contribution >= 4 is 33.2 Å². The van der Waals surface area contributed by atoms with Gasteiger partial charge in [-0.3, -0.25) is 4.79 Å². The van der Waals surface area contributed by atoms with Crippen LogP contribution in [-0.4, -0.2) is 48.4 Å². The lowest BCUT2D eigenvalue weighted by atomic mass is 10.0. The van der Waals surface area contributed by atoms with Crippen molar-refractivity contribution in [3.05, 3.63) is 47.2 Å². The van der Waals surface area contributed by atoms with E-state index in [4.69, 9.17) is 17.3 Å². The fourth-order valence-electron chi connectivity index (χ4n) is 3.50. The summed E-state index contributed by atoms with van der Waals surface area (Å²) in [5.74, 6) is -0.661. The Hall–Kier alpha value is -2.03. The lowest BCUT2D eigenvalue weighted by molar-refractivity contribution is 0.0992. The predicted molar refractivity (Wildman–Crippen MR) is 106 cm³/mol. The van der Waals surface area contributed by atoms with Crippen LogP contribution in [0.4, 0.5) is 5.69 Å². The molecule has 0 radical (unpaired) electrons. The molecule has 2 heterocycles. The predicted octanol–water partition coefficient (Wildman–Crippen LogP) is 2.07. The number of benzene rings is 1. The molecular formula is C18H23ClN4O3S. The molecule has 1 aromatic carbocycles. The first-order valence-corrected chi connectivity index (χ1v) is 10.3. The fraction of sp³-hybridized carbons (Fsp3) is 0.389. The smallest absolute Gasteiger partial charge is 0.265 e. The number of nitrogens with two attached hydrogens (primary N) is 1. The maximum Gasteiger partial charge on any atom is 0.265 e. The third-order valence-corrected chi connectivity index (χ3v) is 7.17. The van der Waals surface area contributed by atoms with Gasteiger partial charge in [0.15, 0.2) is 0 Å². The van der Waals surface area contributed by atoms with E-state index in [0.29, 0.717) is 24.7 Å². The summed E-state index contributed by atoms with van der Waals surface area (Å²) in [6, 6.07) is 8.84. The Morgan fingerprint density at radius 2 is 1.81 bits per heavy atom. The molecule has 146 valence electrons. The van der Waals surface area contributed by atoms with Gasteiger partial charge in [0, 0.05) is 49.1 Å². The quantitative estimate of drug-likeness (QED) is 0.835. The van der Waals surface area contributed by atoms with E-state index in [2.05, 4.69) is 4.90 Å². The highest BCUT2D eigenvalue weighted by molar-refractivity contribution is 7.89. The van der Waals surface area contributed by atoms with E-state index >= 15 is 0 Å². The molecule has 0 spiro atoms. The molecule has 27 heavy (non-hydrogen) atoms. The molecule has 2 aromatic rings. The monoisotopic (exact) mass is 410 g/mol. The first-order chi connectivity index (χ1) is 12.5. The first-order valence-electron chi connectivity index (χ1n) is 8.52. The molecule has 1 saturated heterocycles. The van der Waals surface area contributed by atoms with Gasteiger partial charge in [0.2, 0.25) is 10.0 Å². The standard InChI is InChI=1S/C18H23ClN4O3S/c1-18(2)12-22(14-6-4-13(19)5-7-14)8-9-23(18)27(25,26)15-10-16(17(20)24)21(3)11-15/h4-7,10-11H,8-9,12H2,1-3H3,(H2,20,24). The van der Waals surface area contributed by atoms with E-state index < -0.39 is 21.5 Å². The largest absolute Gasteiger partial charge is 0.368 e. The van der Waals surface area contributed by atoms with Crippen LogP contribution in [0.1, 0.15) is 24.3 Å². The summed E-state index contributed by atoms with van der Waals surface area (Å²) >= 11 is 5.95. The second-order valence-electron chi connectivity index (χ2n) is 7.32. The van der Waals surface area contributed by atoms with Crippen molar-refractivity contribution in [3.8, 4) is 0 Å². The Kier molecular flexibility index (Phi) is 5.00. The molecule has 2 N–H and O–H groups in total. The van der Waals surface area contributed by atoms with Gasteiger partial charge < -0.3 is 15.2 Å². The highest BCUT2D eigenvalue weighted by Crippen LogP contribution is 2.31. The SMILES string of the molecule is Cn1cc(S(=O)(=O)N2CCN(c3ccc(Cl)cc3)CC2(C)C)cc1C(N)=O. The number of primary amides is 1. The summed E-state index contributed by atoms with van der Waals surface area (Å²) in [4.78, 5) is 13.7. The number of hydrogen-bond acceptors (Lipinski definition) is 4. The molecule has 0 bridgehead atoms. The zero-order valence-corrected chi connectivity index (χ0v) is 17.1. The number of carbonyl (C=O) groups is 1. The van der Waals surface area contributed by atoms with Crippen LogP contribution < -0.4 is 10.6 Å². The van der Waals surface area contributed by atoms with Crippen molar-refractivity contribution in [3.63, 3.8) is 0 Å². The van der Waals surface area contributed by atoms with Crippen LogP contribution >= 0.6 is 11.6 Å². The highest BCUT2D eigenvalue weighted by atomic mass is 35.5. The van der Waals surface area contributed by atoms with Crippen LogP contribution in [0.3, 0.4) is 0 Å².